The molecule has 0 bridgehead atoms. The number of nitrogens with two attached hydrogens (primary N) is 1. The molecule has 0 spiro atoms. The summed E-state index contributed by atoms with van der Waals surface area (Å²) in [6.45, 7) is 0.0659. The van der Waals surface area contributed by atoms with Crippen LogP contribution in [0.25, 0.3) is 10.8 Å². The number of amides is 1. The van der Waals surface area contributed by atoms with Gasteiger partial charge in [-0.25, -0.2) is 13.6 Å². The molecule has 0 radical (unpaired) electrons. The van der Waals surface area contributed by atoms with Crippen LogP contribution in [0.4, 0.5) is 0 Å². The Morgan fingerprint density at radius 2 is 1.91 bits per heavy atom. The maximum Gasteiger partial charge on any atom is 0.223 e. The van der Waals surface area contributed by atoms with Crippen molar-refractivity contribution < 1.29 is 13.2 Å². The third-order valence-electron chi connectivity index (χ3n) is 4.04. The van der Waals surface area contributed by atoms with Crippen LogP contribution in [0.2, 0.25) is 0 Å². The predicted octanol–water partition coefficient (Wildman–Crippen LogP) is 1.35. The van der Waals surface area contributed by atoms with Gasteiger partial charge in [-0.2, -0.15) is 0 Å². The summed E-state index contributed by atoms with van der Waals surface area (Å²) in [6, 6.07) is 14.2. The molecule has 1 aliphatic rings. The first kappa shape index (κ1) is 15.0. The summed E-state index contributed by atoms with van der Waals surface area (Å²) < 4.78 is 21.7. The van der Waals surface area contributed by atoms with E-state index in [1.165, 1.54) is 16.3 Å². The molecule has 0 heterocycles. The van der Waals surface area contributed by atoms with E-state index in [4.69, 9.17) is 5.14 Å². The number of carbonyl (C=O) groups is 1. The topological polar surface area (TPSA) is 89.3 Å². The Labute approximate surface area is 129 Å². The molecule has 22 heavy (non-hydrogen) atoms. The van der Waals surface area contributed by atoms with E-state index < -0.39 is 10.0 Å². The third kappa shape index (κ3) is 3.28. The van der Waals surface area contributed by atoms with Crippen molar-refractivity contribution >= 4 is 26.7 Å². The van der Waals surface area contributed by atoms with Gasteiger partial charge < -0.3 is 5.32 Å². The van der Waals surface area contributed by atoms with Crippen molar-refractivity contribution in [1.82, 2.24) is 5.32 Å². The fourth-order valence-electron chi connectivity index (χ4n) is 2.85. The first-order chi connectivity index (χ1) is 10.5. The SMILES string of the molecule is NS(=O)(=O)CCNC(=O)C1CC1c1cccc2ccccc12. The summed E-state index contributed by atoms with van der Waals surface area (Å²) in [4.78, 5) is 12.1. The van der Waals surface area contributed by atoms with Crippen LogP contribution in [0, 0.1) is 5.92 Å². The zero-order chi connectivity index (χ0) is 15.7. The number of hydrogen-bond donors (Lipinski definition) is 2. The molecule has 0 saturated heterocycles. The van der Waals surface area contributed by atoms with Crippen LogP contribution in [-0.4, -0.2) is 26.6 Å². The molecule has 0 aromatic heterocycles. The zero-order valence-corrected chi connectivity index (χ0v) is 12.8. The van der Waals surface area contributed by atoms with Crippen LogP contribution in [-0.2, 0) is 14.8 Å². The number of benzene rings is 2. The monoisotopic (exact) mass is 318 g/mol. The molecular weight excluding hydrogens is 300 g/mol. The molecule has 2 aromatic carbocycles. The van der Waals surface area contributed by atoms with Crippen LogP contribution in [0.5, 0.6) is 0 Å². The number of sulfonamides is 1. The van der Waals surface area contributed by atoms with Gasteiger partial charge in [-0.05, 0) is 28.7 Å². The number of hydrogen-bond acceptors (Lipinski definition) is 3. The highest BCUT2D eigenvalue weighted by Crippen LogP contribution is 2.49. The van der Waals surface area contributed by atoms with Crippen molar-refractivity contribution in [3.05, 3.63) is 48.0 Å². The number of primary sulfonamides is 1. The molecule has 1 aliphatic carbocycles. The average molecular weight is 318 g/mol. The molecule has 0 aliphatic heterocycles. The maximum atomic E-state index is 12.1. The fourth-order valence-corrected chi connectivity index (χ4v) is 3.24. The number of carbonyl (C=O) groups excluding carboxylic acids is 1. The van der Waals surface area contributed by atoms with Crippen LogP contribution < -0.4 is 10.5 Å². The standard InChI is InChI=1S/C16H18N2O3S/c17-22(20,21)9-8-18-16(19)15-10-14(15)13-7-3-5-11-4-1-2-6-12(11)13/h1-7,14-15H,8-10H2,(H,18,19)(H2,17,20,21). The molecule has 6 heteroatoms. The Hall–Kier alpha value is -1.92. The molecule has 2 atom stereocenters. The molecule has 1 saturated carbocycles. The first-order valence-electron chi connectivity index (χ1n) is 7.21. The van der Waals surface area contributed by atoms with Crippen molar-refractivity contribution in [2.24, 2.45) is 11.1 Å². The molecular formula is C16H18N2O3S. The largest absolute Gasteiger partial charge is 0.355 e. The molecule has 2 aromatic rings. The quantitative estimate of drug-likeness (QED) is 0.872. The Kier molecular flexibility index (Phi) is 3.88. The smallest absolute Gasteiger partial charge is 0.223 e. The normalized spacial score (nSPS) is 20.8. The molecule has 1 fully saturated rings. The summed E-state index contributed by atoms with van der Waals surface area (Å²) in [6.07, 6.45) is 0.801. The maximum absolute atomic E-state index is 12.1. The summed E-state index contributed by atoms with van der Waals surface area (Å²) >= 11 is 0. The van der Waals surface area contributed by atoms with Crippen molar-refractivity contribution in [3.63, 3.8) is 0 Å². The van der Waals surface area contributed by atoms with Gasteiger partial charge >= 0.3 is 0 Å². The van der Waals surface area contributed by atoms with Crippen LogP contribution in [0.3, 0.4) is 0 Å². The van der Waals surface area contributed by atoms with E-state index in [1.54, 1.807) is 0 Å². The molecule has 2 unspecified atom stereocenters. The van der Waals surface area contributed by atoms with E-state index in [2.05, 4.69) is 29.6 Å². The van der Waals surface area contributed by atoms with E-state index in [0.29, 0.717) is 0 Å². The molecule has 1 amide bonds. The highest BCUT2D eigenvalue weighted by molar-refractivity contribution is 7.89. The second-order valence-electron chi connectivity index (χ2n) is 5.68. The van der Waals surface area contributed by atoms with Gasteiger partial charge in [0.1, 0.15) is 0 Å². The minimum absolute atomic E-state index is 0.0659. The Bertz CT molecular complexity index is 812. The summed E-state index contributed by atoms with van der Waals surface area (Å²) in [5.41, 5.74) is 1.18. The van der Waals surface area contributed by atoms with Gasteiger partial charge in [0.15, 0.2) is 0 Å². The zero-order valence-electron chi connectivity index (χ0n) is 12.0. The molecule has 3 rings (SSSR count). The van der Waals surface area contributed by atoms with E-state index in [1.807, 2.05) is 18.2 Å². The van der Waals surface area contributed by atoms with E-state index in [-0.39, 0.29) is 30.0 Å². The average Bonchev–Trinajstić information content (AvgIpc) is 3.25. The number of nitrogens with one attached hydrogen (secondary N) is 1. The second-order valence-corrected chi connectivity index (χ2v) is 7.41. The van der Waals surface area contributed by atoms with Crippen molar-refractivity contribution in [1.29, 1.82) is 0 Å². The predicted molar refractivity (Wildman–Crippen MR) is 85.8 cm³/mol. The number of fused-ring (bicyclic) bond motifs is 1. The van der Waals surface area contributed by atoms with Crippen LogP contribution in [0.1, 0.15) is 17.9 Å². The van der Waals surface area contributed by atoms with E-state index in [9.17, 15) is 13.2 Å². The Balaban J connectivity index is 1.67. The lowest BCUT2D eigenvalue weighted by molar-refractivity contribution is -0.122. The van der Waals surface area contributed by atoms with Gasteiger partial charge in [0, 0.05) is 12.5 Å². The number of rotatable bonds is 5. The Morgan fingerprint density at radius 1 is 1.18 bits per heavy atom. The first-order valence-corrected chi connectivity index (χ1v) is 8.93. The summed E-state index contributed by atoms with van der Waals surface area (Å²) in [7, 11) is -3.53. The van der Waals surface area contributed by atoms with Gasteiger partial charge in [0.2, 0.25) is 15.9 Å². The third-order valence-corrected chi connectivity index (χ3v) is 4.81. The fraction of sp³-hybridized carbons (Fsp3) is 0.312. The molecule has 116 valence electrons. The van der Waals surface area contributed by atoms with Crippen molar-refractivity contribution in [2.75, 3.05) is 12.3 Å². The lowest BCUT2D eigenvalue weighted by Crippen LogP contribution is -2.32. The van der Waals surface area contributed by atoms with E-state index in [0.717, 1.165) is 6.42 Å². The highest BCUT2D eigenvalue weighted by Gasteiger charge is 2.44. The van der Waals surface area contributed by atoms with Gasteiger partial charge in [-0.3, -0.25) is 4.79 Å². The van der Waals surface area contributed by atoms with E-state index >= 15 is 0 Å². The van der Waals surface area contributed by atoms with Gasteiger partial charge in [-0.1, -0.05) is 42.5 Å². The highest BCUT2D eigenvalue weighted by atomic mass is 32.2. The molecule has 3 N–H and O–H groups in total. The van der Waals surface area contributed by atoms with Gasteiger partial charge in [0.05, 0.1) is 5.75 Å². The summed E-state index contributed by atoms with van der Waals surface area (Å²) in [5, 5.41) is 9.91. The van der Waals surface area contributed by atoms with Crippen LogP contribution in [0.15, 0.2) is 42.5 Å². The second kappa shape index (κ2) is 5.70. The van der Waals surface area contributed by atoms with Crippen molar-refractivity contribution in [3.8, 4) is 0 Å². The van der Waals surface area contributed by atoms with Crippen molar-refractivity contribution in [2.45, 2.75) is 12.3 Å². The van der Waals surface area contributed by atoms with Gasteiger partial charge in [0.25, 0.3) is 0 Å². The molecule has 5 nitrogen and oxygen atoms in total. The minimum atomic E-state index is -3.53. The summed E-state index contributed by atoms with van der Waals surface area (Å²) in [5.74, 6) is -0.196. The van der Waals surface area contributed by atoms with Crippen LogP contribution >= 0.6 is 0 Å². The lowest BCUT2D eigenvalue weighted by Gasteiger charge is -2.07. The minimum Gasteiger partial charge on any atom is -0.355 e. The lowest BCUT2D eigenvalue weighted by atomic mass is 10.00. The Morgan fingerprint density at radius 3 is 2.68 bits per heavy atom. The van der Waals surface area contributed by atoms with Gasteiger partial charge in [-0.15, -0.1) is 0 Å².